The molecule has 0 saturated carbocycles. The Kier molecular flexibility index (Phi) is 4.26. The second-order valence-corrected chi connectivity index (χ2v) is 3.07. The summed E-state index contributed by atoms with van der Waals surface area (Å²) in [6.45, 7) is 2.06. The molecule has 0 unspecified atom stereocenters. The number of nitrogens with one attached hydrogen (secondary N) is 2. The molecule has 0 aromatic carbocycles. The number of aromatic nitrogens is 2. The number of esters is 1. The molecule has 0 fully saturated rings. The Bertz CT molecular complexity index is 409. The van der Waals surface area contributed by atoms with Crippen LogP contribution in [-0.4, -0.2) is 35.7 Å². The van der Waals surface area contributed by atoms with Crippen molar-refractivity contribution in [2.24, 2.45) is 0 Å². The number of rotatable bonds is 4. The van der Waals surface area contributed by atoms with Gasteiger partial charge in [-0.25, -0.2) is 4.79 Å². The molecule has 86 valence electrons. The molecule has 0 saturated heterocycles. The topological polar surface area (TPSA) is 84.1 Å². The number of aromatic amines is 1. The van der Waals surface area contributed by atoms with Gasteiger partial charge in [0.2, 0.25) is 0 Å². The second-order valence-electron chi connectivity index (χ2n) is 3.07. The predicted octanol–water partition coefficient (Wildman–Crippen LogP) is 0.177. The Labute approximate surface area is 92.7 Å². The van der Waals surface area contributed by atoms with E-state index in [-0.39, 0.29) is 12.5 Å². The summed E-state index contributed by atoms with van der Waals surface area (Å²) < 4.78 is 4.39. The van der Waals surface area contributed by atoms with Crippen LogP contribution >= 0.6 is 0 Å². The largest absolute Gasteiger partial charge is 0.466 e. The van der Waals surface area contributed by atoms with Gasteiger partial charge in [-0.15, -0.1) is 0 Å². The summed E-state index contributed by atoms with van der Waals surface area (Å²) in [7, 11) is 1.29. The third kappa shape index (κ3) is 3.56. The van der Waals surface area contributed by atoms with E-state index in [0.29, 0.717) is 5.69 Å². The van der Waals surface area contributed by atoms with Gasteiger partial charge in [-0.05, 0) is 13.0 Å². The van der Waals surface area contributed by atoms with Crippen molar-refractivity contribution in [3.63, 3.8) is 0 Å². The van der Waals surface area contributed by atoms with Gasteiger partial charge < -0.3 is 10.1 Å². The Morgan fingerprint density at radius 2 is 2.38 bits per heavy atom. The fraction of sp³-hybridized carbons (Fsp3) is 0.300. The molecule has 0 aliphatic rings. The van der Waals surface area contributed by atoms with E-state index in [1.807, 2.05) is 0 Å². The van der Waals surface area contributed by atoms with Gasteiger partial charge in [-0.1, -0.05) is 6.08 Å². The van der Waals surface area contributed by atoms with E-state index in [0.717, 1.165) is 5.69 Å². The van der Waals surface area contributed by atoms with Gasteiger partial charge in [0, 0.05) is 18.3 Å². The number of aryl methyl sites for hydroxylation is 1. The summed E-state index contributed by atoms with van der Waals surface area (Å²) >= 11 is 0. The molecule has 1 aromatic rings. The summed E-state index contributed by atoms with van der Waals surface area (Å²) in [4.78, 5) is 22.1. The summed E-state index contributed by atoms with van der Waals surface area (Å²) in [5, 5.41) is 9.03. The molecule has 0 aliphatic carbocycles. The summed E-state index contributed by atoms with van der Waals surface area (Å²) in [5.74, 6) is -0.747. The van der Waals surface area contributed by atoms with Gasteiger partial charge in [0.1, 0.15) is 5.69 Å². The lowest BCUT2D eigenvalue weighted by Crippen LogP contribution is -2.23. The molecule has 2 N–H and O–H groups in total. The minimum Gasteiger partial charge on any atom is -0.466 e. The van der Waals surface area contributed by atoms with Gasteiger partial charge in [0.05, 0.1) is 7.11 Å². The Morgan fingerprint density at radius 1 is 1.62 bits per heavy atom. The summed E-state index contributed by atoms with van der Waals surface area (Å²) in [5.41, 5.74) is 1.14. The van der Waals surface area contributed by atoms with Crippen LogP contribution in [0.1, 0.15) is 16.2 Å². The summed E-state index contributed by atoms with van der Waals surface area (Å²) in [6, 6.07) is 1.64. The zero-order chi connectivity index (χ0) is 12.0. The van der Waals surface area contributed by atoms with Gasteiger partial charge in [-0.2, -0.15) is 5.10 Å². The number of ether oxygens (including phenoxy) is 1. The van der Waals surface area contributed by atoms with Gasteiger partial charge in [0.15, 0.2) is 0 Å². The second kappa shape index (κ2) is 5.69. The van der Waals surface area contributed by atoms with Crippen molar-refractivity contribution in [1.29, 1.82) is 0 Å². The molecule has 0 spiro atoms. The standard InChI is InChI=1S/C10H13N3O3/c1-7-6-8(13-12-7)10(15)11-5-3-4-9(14)16-2/h3-4,6H,5H2,1-2H3,(H,11,15)(H,12,13)/b4-3+. The quantitative estimate of drug-likeness (QED) is 0.563. The fourth-order valence-electron chi connectivity index (χ4n) is 1.000. The number of methoxy groups -OCH3 is 1. The molecule has 0 aliphatic heterocycles. The average Bonchev–Trinajstić information content (AvgIpc) is 2.70. The van der Waals surface area contributed by atoms with Crippen molar-refractivity contribution in [1.82, 2.24) is 15.5 Å². The van der Waals surface area contributed by atoms with E-state index in [1.165, 1.54) is 19.3 Å². The number of H-pyrrole nitrogens is 1. The SMILES string of the molecule is COC(=O)/C=C/CNC(=O)c1cc(C)[nH]n1. The first-order chi connectivity index (χ1) is 7.63. The Morgan fingerprint density at radius 3 is 2.94 bits per heavy atom. The highest BCUT2D eigenvalue weighted by atomic mass is 16.5. The van der Waals surface area contributed by atoms with Crippen LogP contribution in [-0.2, 0) is 9.53 Å². The maximum absolute atomic E-state index is 11.4. The van der Waals surface area contributed by atoms with E-state index < -0.39 is 5.97 Å². The van der Waals surface area contributed by atoms with Crippen molar-refractivity contribution in [3.05, 3.63) is 29.6 Å². The van der Waals surface area contributed by atoms with Crippen molar-refractivity contribution in [2.45, 2.75) is 6.92 Å². The fourth-order valence-corrected chi connectivity index (χ4v) is 1.000. The lowest BCUT2D eigenvalue weighted by molar-refractivity contribution is -0.134. The van der Waals surface area contributed by atoms with Gasteiger partial charge in [0.25, 0.3) is 5.91 Å². The molecule has 1 amide bonds. The van der Waals surface area contributed by atoms with Crippen LogP contribution in [0.25, 0.3) is 0 Å². The molecule has 1 rings (SSSR count). The normalized spacial score (nSPS) is 10.4. The lowest BCUT2D eigenvalue weighted by Gasteiger charge is -1.97. The molecular formula is C10H13N3O3. The predicted molar refractivity (Wildman–Crippen MR) is 56.8 cm³/mol. The highest BCUT2D eigenvalue weighted by Crippen LogP contribution is 1.96. The maximum atomic E-state index is 11.4. The zero-order valence-corrected chi connectivity index (χ0v) is 9.11. The van der Waals surface area contributed by atoms with E-state index >= 15 is 0 Å². The van der Waals surface area contributed by atoms with Crippen LogP contribution in [0, 0.1) is 6.92 Å². The maximum Gasteiger partial charge on any atom is 0.330 e. The molecule has 0 radical (unpaired) electrons. The van der Waals surface area contributed by atoms with Crippen molar-refractivity contribution >= 4 is 11.9 Å². The minimum atomic E-state index is -0.454. The molecule has 0 atom stereocenters. The van der Waals surface area contributed by atoms with Gasteiger partial charge >= 0.3 is 5.97 Å². The number of carbonyl (C=O) groups excluding carboxylic acids is 2. The van der Waals surface area contributed by atoms with Crippen LogP contribution < -0.4 is 5.32 Å². The molecule has 6 nitrogen and oxygen atoms in total. The molecule has 1 aromatic heterocycles. The van der Waals surface area contributed by atoms with Crippen molar-refractivity contribution in [3.8, 4) is 0 Å². The number of hydrogen-bond acceptors (Lipinski definition) is 4. The molecule has 1 heterocycles. The molecule has 0 bridgehead atoms. The number of amides is 1. The van der Waals surface area contributed by atoms with Crippen molar-refractivity contribution in [2.75, 3.05) is 13.7 Å². The first-order valence-electron chi connectivity index (χ1n) is 4.68. The highest BCUT2D eigenvalue weighted by molar-refractivity contribution is 5.92. The lowest BCUT2D eigenvalue weighted by atomic mass is 10.3. The minimum absolute atomic E-state index is 0.250. The first kappa shape index (κ1) is 12.0. The van der Waals surface area contributed by atoms with Crippen LogP contribution in [0.3, 0.4) is 0 Å². The average molecular weight is 223 g/mol. The van der Waals surface area contributed by atoms with E-state index in [9.17, 15) is 9.59 Å². The number of hydrogen-bond donors (Lipinski definition) is 2. The van der Waals surface area contributed by atoms with E-state index in [1.54, 1.807) is 13.0 Å². The first-order valence-corrected chi connectivity index (χ1v) is 4.68. The van der Waals surface area contributed by atoms with E-state index in [2.05, 4.69) is 20.3 Å². The summed E-state index contributed by atoms with van der Waals surface area (Å²) in [6.07, 6.45) is 2.75. The number of carbonyl (C=O) groups is 2. The van der Waals surface area contributed by atoms with Crippen molar-refractivity contribution < 1.29 is 14.3 Å². The highest BCUT2D eigenvalue weighted by Gasteiger charge is 2.06. The molecule has 6 heteroatoms. The number of nitrogens with zero attached hydrogens (tertiary/aromatic N) is 1. The van der Waals surface area contributed by atoms with Crippen LogP contribution in [0.2, 0.25) is 0 Å². The third-order valence-corrected chi connectivity index (χ3v) is 1.77. The Balaban J connectivity index is 2.36. The van der Waals surface area contributed by atoms with E-state index in [4.69, 9.17) is 0 Å². The Hall–Kier alpha value is -2.11. The van der Waals surface area contributed by atoms with Crippen LogP contribution in [0.15, 0.2) is 18.2 Å². The molecule has 16 heavy (non-hydrogen) atoms. The smallest absolute Gasteiger partial charge is 0.330 e. The molecular weight excluding hydrogens is 210 g/mol. The zero-order valence-electron chi connectivity index (χ0n) is 9.11. The van der Waals surface area contributed by atoms with Gasteiger partial charge in [-0.3, -0.25) is 9.89 Å². The third-order valence-electron chi connectivity index (χ3n) is 1.77. The monoisotopic (exact) mass is 223 g/mol. The van der Waals surface area contributed by atoms with Crippen LogP contribution in [0.4, 0.5) is 0 Å². The van der Waals surface area contributed by atoms with Crippen LogP contribution in [0.5, 0.6) is 0 Å².